The van der Waals surface area contributed by atoms with Crippen molar-refractivity contribution < 1.29 is 14.4 Å². The molecule has 0 saturated heterocycles. The topological polar surface area (TPSA) is 113 Å². The fourth-order valence-electron chi connectivity index (χ4n) is 1.56. The Morgan fingerprint density at radius 1 is 1.29 bits per heavy atom. The molecular weight excluding hydrogens is 276 g/mol. The molecule has 0 atom stereocenters. The molecule has 0 unspecified atom stereocenters. The van der Waals surface area contributed by atoms with Crippen LogP contribution in [0, 0.1) is 10.1 Å². The highest BCUT2D eigenvalue weighted by atomic mass is 16.6. The lowest BCUT2D eigenvalue weighted by atomic mass is 10.3. The quantitative estimate of drug-likeness (QED) is 0.641. The standard InChI is InChI=1S/C13H14N4O4/c1-2-20-8-12-15-11(14)7-13(16-12)21-10-5-3-9(4-6-10)17(18)19/h3-7H,2,8H2,1H3,(H2,14,15,16). The zero-order valence-corrected chi connectivity index (χ0v) is 11.4. The van der Waals surface area contributed by atoms with E-state index < -0.39 is 4.92 Å². The number of hydrogen-bond acceptors (Lipinski definition) is 7. The van der Waals surface area contributed by atoms with E-state index in [0.29, 0.717) is 18.2 Å². The van der Waals surface area contributed by atoms with E-state index in [4.69, 9.17) is 15.2 Å². The van der Waals surface area contributed by atoms with E-state index in [1.54, 1.807) is 0 Å². The highest BCUT2D eigenvalue weighted by molar-refractivity contribution is 5.39. The molecule has 0 spiro atoms. The molecule has 8 nitrogen and oxygen atoms in total. The second kappa shape index (κ2) is 6.62. The van der Waals surface area contributed by atoms with Gasteiger partial charge in [0.15, 0.2) is 5.82 Å². The van der Waals surface area contributed by atoms with Gasteiger partial charge in [0.05, 0.1) is 4.92 Å². The summed E-state index contributed by atoms with van der Waals surface area (Å²) in [5.41, 5.74) is 5.66. The lowest BCUT2D eigenvalue weighted by Crippen LogP contribution is -2.03. The number of ether oxygens (including phenoxy) is 2. The van der Waals surface area contributed by atoms with Crippen molar-refractivity contribution in [1.29, 1.82) is 0 Å². The van der Waals surface area contributed by atoms with E-state index >= 15 is 0 Å². The summed E-state index contributed by atoms with van der Waals surface area (Å²) in [5.74, 6) is 1.34. The summed E-state index contributed by atoms with van der Waals surface area (Å²) >= 11 is 0. The predicted octanol–water partition coefficient (Wildman–Crippen LogP) is 2.30. The van der Waals surface area contributed by atoms with Gasteiger partial charge in [-0.3, -0.25) is 10.1 Å². The third-order valence-electron chi connectivity index (χ3n) is 2.47. The van der Waals surface area contributed by atoms with Crippen LogP contribution in [0.2, 0.25) is 0 Å². The molecule has 0 bridgehead atoms. The normalized spacial score (nSPS) is 10.3. The Kier molecular flexibility index (Phi) is 4.62. The fraction of sp³-hybridized carbons (Fsp3) is 0.231. The van der Waals surface area contributed by atoms with Crippen molar-refractivity contribution in [3.05, 3.63) is 46.3 Å². The number of hydrogen-bond donors (Lipinski definition) is 1. The molecule has 1 heterocycles. The number of nitrogens with two attached hydrogens (primary N) is 1. The van der Waals surface area contributed by atoms with Gasteiger partial charge in [-0.25, -0.2) is 4.98 Å². The van der Waals surface area contributed by atoms with Crippen LogP contribution in [0.5, 0.6) is 11.6 Å². The first-order valence-corrected chi connectivity index (χ1v) is 6.22. The second-order valence-electron chi connectivity index (χ2n) is 4.04. The third-order valence-corrected chi connectivity index (χ3v) is 2.47. The van der Waals surface area contributed by atoms with Crippen molar-refractivity contribution >= 4 is 11.5 Å². The number of non-ortho nitro benzene ring substituents is 1. The van der Waals surface area contributed by atoms with Crippen molar-refractivity contribution in [2.75, 3.05) is 12.3 Å². The zero-order valence-electron chi connectivity index (χ0n) is 11.4. The molecule has 110 valence electrons. The molecule has 0 radical (unpaired) electrons. The minimum atomic E-state index is -0.480. The Hall–Kier alpha value is -2.74. The van der Waals surface area contributed by atoms with Gasteiger partial charge in [0.25, 0.3) is 5.69 Å². The summed E-state index contributed by atoms with van der Waals surface area (Å²) in [4.78, 5) is 18.3. The molecule has 0 aliphatic heterocycles. The molecule has 0 aliphatic rings. The number of anilines is 1. The van der Waals surface area contributed by atoms with E-state index in [1.807, 2.05) is 6.92 Å². The summed E-state index contributed by atoms with van der Waals surface area (Å²) in [6, 6.07) is 7.14. The van der Waals surface area contributed by atoms with Gasteiger partial charge in [-0.2, -0.15) is 4.98 Å². The molecule has 21 heavy (non-hydrogen) atoms. The Labute approximate surface area is 120 Å². The summed E-state index contributed by atoms with van der Waals surface area (Å²) in [7, 11) is 0. The molecule has 2 aromatic rings. The average Bonchev–Trinajstić information content (AvgIpc) is 2.45. The Bertz CT molecular complexity index is 631. The van der Waals surface area contributed by atoms with Crippen molar-refractivity contribution in [3.8, 4) is 11.6 Å². The number of rotatable bonds is 6. The van der Waals surface area contributed by atoms with Gasteiger partial charge in [0, 0.05) is 24.8 Å². The van der Waals surface area contributed by atoms with E-state index in [0.717, 1.165) is 0 Å². The Morgan fingerprint density at radius 2 is 2.00 bits per heavy atom. The molecule has 0 aliphatic carbocycles. The van der Waals surface area contributed by atoms with E-state index in [2.05, 4.69) is 9.97 Å². The lowest BCUT2D eigenvalue weighted by molar-refractivity contribution is -0.384. The maximum absolute atomic E-state index is 10.6. The van der Waals surface area contributed by atoms with Crippen LogP contribution in [0.3, 0.4) is 0 Å². The lowest BCUT2D eigenvalue weighted by Gasteiger charge is -2.07. The number of nitro benzene ring substituents is 1. The smallest absolute Gasteiger partial charge is 0.269 e. The van der Waals surface area contributed by atoms with E-state index in [9.17, 15) is 10.1 Å². The number of nitrogens with zero attached hydrogens (tertiary/aromatic N) is 3. The number of benzene rings is 1. The molecule has 1 aromatic heterocycles. The molecule has 8 heteroatoms. The fourth-order valence-corrected chi connectivity index (χ4v) is 1.56. The highest BCUT2D eigenvalue weighted by Crippen LogP contribution is 2.23. The van der Waals surface area contributed by atoms with Gasteiger partial charge >= 0.3 is 0 Å². The van der Waals surface area contributed by atoms with E-state index in [-0.39, 0.29) is 24.0 Å². The minimum absolute atomic E-state index is 0.0124. The van der Waals surface area contributed by atoms with Gasteiger partial charge in [-0.1, -0.05) is 0 Å². The summed E-state index contributed by atoms with van der Waals surface area (Å²) in [6.07, 6.45) is 0. The third kappa shape index (κ3) is 4.11. The molecule has 0 fully saturated rings. The van der Waals surface area contributed by atoms with Crippen LogP contribution in [0.1, 0.15) is 12.7 Å². The van der Waals surface area contributed by atoms with Crippen LogP contribution in [-0.2, 0) is 11.3 Å². The largest absolute Gasteiger partial charge is 0.439 e. The number of aromatic nitrogens is 2. The summed E-state index contributed by atoms with van der Waals surface area (Å²) < 4.78 is 10.7. The van der Waals surface area contributed by atoms with Crippen LogP contribution < -0.4 is 10.5 Å². The van der Waals surface area contributed by atoms with E-state index in [1.165, 1.54) is 30.3 Å². The number of nitro groups is 1. The van der Waals surface area contributed by atoms with Crippen LogP contribution in [0.4, 0.5) is 11.5 Å². The molecule has 0 saturated carbocycles. The van der Waals surface area contributed by atoms with Crippen molar-refractivity contribution in [2.45, 2.75) is 13.5 Å². The maximum atomic E-state index is 10.6. The second-order valence-corrected chi connectivity index (χ2v) is 4.04. The Balaban J connectivity index is 2.14. The van der Waals surface area contributed by atoms with Crippen LogP contribution in [0.15, 0.2) is 30.3 Å². The molecule has 1 aromatic carbocycles. The highest BCUT2D eigenvalue weighted by Gasteiger charge is 2.08. The van der Waals surface area contributed by atoms with Gasteiger partial charge in [0.2, 0.25) is 5.88 Å². The van der Waals surface area contributed by atoms with Gasteiger partial charge in [0.1, 0.15) is 18.2 Å². The monoisotopic (exact) mass is 290 g/mol. The molecule has 0 amide bonds. The number of nitrogen functional groups attached to an aromatic ring is 1. The summed E-state index contributed by atoms with van der Waals surface area (Å²) in [5, 5.41) is 10.6. The van der Waals surface area contributed by atoms with Gasteiger partial charge in [-0.15, -0.1) is 0 Å². The first kappa shape index (κ1) is 14.7. The van der Waals surface area contributed by atoms with Crippen LogP contribution >= 0.6 is 0 Å². The maximum Gasteiger partial charge on any atom is 0.269 e. The minimum Gasteiger partial charge on any atom is -0.439 e. The average molecular weight is 290 g/mol. The predicted molar refractivity (Wildman–Crippen MR) is 74.9 cm³/mol. The molecule has 2 N–H and O–H groups in total. The van der Waals surface area contributed by atoms with Gasteiger partial charge in [-0.05, 0) is 19.1 Å². The summed E-state index contributed by atoms with van der Waals surface area (Å²) in [6.45, 7) is 2.63. The SMILES string of the molecule is CCOCc1nc(N)cc(Oc2ccc([N+](=O)[O-])cc2)n1. The van der Waals surface area contributed by atoms with Crippen molar-refractivity contribution in [1.82, 2.24) is 9.97 Å². The van der Waals surface area contributed by atoms with Crippen LogP contribution in [0.25, 0.3) is 0 Å². The van der Waals surface area contributed by atoms with Crippen molar-refractivity contribution in [3.63, 3.8) is 0 Å². The van der Waals surface area contributed by atoms with Crippen molar-refractivity contribution in [2.24, 2.45) is 0 Å². The first-order valence-electron chi connectivity index (χ1n) is 6.22. The molecular formula is C13H14N4O4. The molecule has 2 rings (SSSR count). The zero-order chi connectivity index (χ0) is 15.2. The Morgan fingerprint density at radius 3 is 2.62 bits per heavy atom. The van der Waals surface area contributed by atoms with Crippen LogP contribution in [-0.4, -0.2) is 21.5 Å². The van der Waals surface area contributed by atoms with Gasteiger partial charge < -0.3 is 15.2 Å². The first-order chi connectivity index (χ1) is 10.1.